The van der Waals surface area contributed by atoms with Gasteiger partial charge in [0.15, 0.2) is 5.82 Å². The van der Waals surface area contributed by atoms with Gasteiger partial charge < -0.3 is 5.11 Å². The number of pyridine rings is 1. The number of aromatic nitrogens is 3. The van der Waals surface area contributed by atoms with E-state index in [9.17, 15) is 14.7 Å². The highest BCUT2D eigenvalue weighted by Gasteiger charge is 2.21. The third-order valence-corrected chi connectivity index (χ3v) is 5.24. The van der Waals surface area contributed by atoms with Gasteiger partial charge in [-0.25, -0.2) is 4.98 Å². The summed E-state index contributed by atoms with van der Waals surface area (Å²) in [6.45, 7) is 1.47. The van der Waals surface area contributed by atoms with Gasteiger partial charge in [0.2, 0.25) is 0 Å². The van der Waals surface area contributed by atoms with Crippen molar-refractivity contribution in [3.8, 4) is 22.6 Å². The van der Waals surface area contributed by atoms with Crippen LogP contribution in [0.3, 0.4) is 0 Å². The van der Waals surface area contributed by atoms with Gasteiger partial charge in [-0.05, 0) is 24.6 Å². The Kier molecular flexibility index (Phi) is 4.29. The first kappa shape index (κ1) is 17.1. The van der Waals surface area contributed by atoms with E-state index in [-0.39, 0.29) is 11.4 Å². The van der Waals surface area contributed by atoms with Crippen LogP contribution in [0.15, 0.2) is 59.5 Å². The van der Waals surface area contributed by atoms with Gasteiger partial charge in [-0.3, -0.25) is 19.1 Å². The molecule has 134 valence electrons. The average Bonchev–Trinajstić information content (AvgIpc) is 3.01. The normalized spacial score (nSPS) is 11.0. The molecule has 4 aromatic rings. The molecule has 6 nitrogen and oxygen atoms in total. The zero-order valence-corrected chi connectivity index (χ0v) is 15.2. The molecule has 27 heavy (non-hydrogen) atoms. The lowest BCUT2D eigenvalue weighted by atomic mass is 10.0. The predicted octanol–water partition coefficient (Wildman–Crippen LogP) is 3.58. The van der Waals surface area contributed by atoms with Gasteiger partial charge in [-0.15, -0.1) is 11.3 Å². The van der Waals surface area contributed by atoms with Gasteiger partial charge >= 0.3 is 5.97 Å². The monoisotopic (exact) mass is 377 g/mol. The van der Waals surface area contributed by atoms with Gasteiger partial charge in [0.05, 0.1) is 5.39 Å². The third-order valence-electron chi connectivity index (χ3n) is 4.24. The number of aryl methyl sites for hydroxylation is 1. The van der Waals surface area contributed by atoms with E-state index in [1.807, 2.05) is 37.3 Å². The van der Waals surface area contributed by atoms with E-state index in [1.54, 1.807) is 24.4 Å². The molecular formula is C20H15N3O3S. The number of carbonyl (C=O) groups is 1. The SMILES string of the molecule is Cc1sc2nc(-c3ccccn3)n(CC(=O)O)c(=O)c2c1-c1ccccc1. The molecule has 0 bridgehead atoms. The van der Waals surface area contributed by atoms with Crippen LogP contribution in [0.5, 0.6) is 0 Å². The maximum Gasteiger partial charge on any atom is 0.323 e. The molecule has 0 aliphatic heterocycles. The van der Waals surface area contributed by atoms with Crippen molar-refractivity contribution in [2.75, 3.05) is 0 Å². The summed E-state index contributed by atoms with van der Waals surface area (Å²) in [5.74, 6) is -0.847. The standard InChI is InChI=1S/C20H15N3O3S/c1-12-16(13-7-3-2-4-8-13)17-19(27-12)22-18(14-9-5-6-10-21-14)23(20(17)26)11-15(24)25/h2-10H,11H2,1H3,(H,24,25). The van der Waals surface area contributed by atoms with E-state index in [0.717, 1.165) is 16.0 Å². The minimum Gasteiger partial charge on any atom is -0.480 e. The zero-order chi connectivity index (χ0) is 19.0. The molecule has 0 saturated heterocycles. The maximum absolute atomic E-state index is 13.3. The fourth-order valence-corrected chi connectivity index (χ4v) is 4.16. The quantitative estimate of drug-likeness (QED) is 0.588. The summed E-state index contributed by atoms with van der Waals surface area (Å²) in [5, 5.41) is 9.77. The number of hydrogen-bond donors (Lipinski definition) is 1. The average molecular weight is 377 g/mol. The summed E-state index contributed by atoms with van der Waals surface area (Å²) in [7, 11) is 0. The Labute approximate surface area is 158 Å². The lowest BCUT2D eigenvalue weighted by molar-refractivity contribution is -0.137. The number of hydrogen-bond acceptors (Lipinski definition) is 5. The molecule has 0 amide bonds. The largest absolute Gasteiger partial charge is 0.480 e. The van der Waals surface area contributed by atoms with Gasteiger partial charge in [-0.1, -0.05) is 36.4 Å². The number of aliphatic carboxylic acids is 1. The Bertz CT molecular complexity index is 1200. The van der Waals surface area contributed by atoms with E-state index in [0.29, 0.717) is 15.9 Å². The lowest BCUT2D eigenvalue weighted by Crippen LogP contribution is -2.27. The number of benzene rings is 1. The Hall–Kier alpha value is -3.32. The molecule has 0 fully saturated rings. The summed E-state index contributed by atoms with van der Waals surface area (Å²) in [6.07, 6.45) is 1.59. The molecule has 3 heterocycles. The first-order valence-corrected chi connectivity index (χ1v) is 9.10. The first-order valence-electron chi connectivity index (χ1n) is 8.29. The molecule has 1 aromatic carbocycles. The van der Waals surface area contributed by atoms with Gasteiger partial charge in [-0.2, -0.15) is 0 Å². The number of fused-ring (bicyclic) bond motifs is 1. The van der Waals surface area contributed by atoms with E-state index in [1.165, 1.54) is 15.9 Å². The van der Waals surface area contributed by atoms with E-state index in [4.69, 9.17) is 0 Å². The van der Waals surface area contributed by atoms with Crippen LogP contribution in [-0.2, 0) is 11.3 Å². The van der Waals surface area contributed by atoms with Crippen LogP contribution < -0.4 is 5.56 Å². The second-order valence-corrected chi connectivity index (χ2v) is 7.22. The summed E-state index contributed by atoms with van der Waals surface area (Å²) in [4.78, 5) is 35.1. The fourth-order valence-electron chi connectivity index (χ4n) is 3.12. The summed E-state index contributed by atoms with van der Waals surface area (Å²) >= 11 is 1.42. The second-order valence-electron chi connectivity index (χ2n) is 6.01. The van der Waals surface area contributed by atoms with Crippen molar-refractivity contribution >= 4 is 27.5 Å². The minimum absolute atomic E-state index is 0.261. The molecule has 0 spiro atoms. The number of thiophene rings is 1. The second kappa shape index (κ2) is 6.77. The molecule has 0 unspecified atom stereocenters. The molecule has 7 heteroatoms. The molecule has 0 aliphatic rings. The molecule has 0 atom stereocenters. The van der Waals surface area contributed by atoms with Crippen molar-refractivity contribution < 1.29 is 9.90 Å². The van der Waals surface area contributed by atoms with Gasteiger partial charge in [0, 0.05) is 16.6 Å². The molecule has 1 N–H and O–H groups in total. The van der Waals surface area contributed by atoms with Crippen molar-refractivity contribution in [2.45, 2.75) is 13.5 Å². The Morgan fingerprint density at radius 2 is 1.89 bits per heavy atom. The first-order chi connectivity index (χ1) is 13.1. The number of rotatable bonds is 4. The van der Waals surface area contributed by atoms with Crippen molar-refractivity contribution in [1.29, 1.82) is 0 Å². The highest BCUT2D eigenvalue weighted by atomic mass is 32.1. The van der Waals surface area contributed by atoms with Crippen LogP contribution in [0.2, 0.25) is 0 Å². The minimum atomic E-state index is -1.11. The highest BCUT2D eigenvalue weighted by molar-refractivity contribution is 7.19. The smallest absolute Gasteiger partial charge is 0.323 e. The Morgan fingerprint density at radius 1 is 1.15 bits per heavy atom. The van der Waals surface area contributed by atoms with Crippen molar-refractivity contribution in [2.24, 2.45) is 0 Å². The van der Waals surface area contributed by atoms with Crippen molar-refractivity contribution in [1.82, 2.24) is 14.5 Å². The number of carboxylic acids is 1. The van der Waals surface area contributed by atoms with Gasteiger partial charge in [0.1, 0.15) is 17.1 Å². The Balaban J connectivity index is 2.08. The van der Waals surface area contributed by atoms with Crippen LogP contribution >= 0.6 is 11.3 Å². The molecular weight excluding hydrogens is 362 g/mol. The van der Waals surface area contributed by atoms with Crippen LogP contribution in [0.4, 0.5) is 0 Å². The molecule has 4 rings (SSSR count). The summed E-state index contributed by atoms with van der Waals surface area (Å²) in [5.41, 5.74) is 1.81. The highest BCUT2D eigenvalue weighted by Crippen LogP contribution is 2.36. The van der Waals surface area contributed by atoms with E-state index >= 15 is 0 Å². The lowest BCUT2D eigenvalue weighted by Gasteiger charge is -2.10. The zero-order valence-electron chi connectivity index (χ0n) is 14.4. The fraction of sp³-hybridized carbons (Fsp3) is 0.100. The van der Waals surface area contributed by atoms with E-state index < -0.39 is 12.5 Å². The molecule has 0 aliphatic carbocycles. The predicted molar refractivity (Wildman–Crippen MR) is 105 cm³/mol. The van der Waals surface area contributed by atoms with Gasteiger partial charge in [0.25, 0.3) is 5.56 Å². The summed E-state index contributed by atoms with van der Waals surface area (Å²) < 4.78 is 1.19. The maximum atomic E-state index is 13.3. The van der Waals surface area contributed by atoms with Crippen LogP contribution in [0, 0.1) is 6.92 Å². The molecule has 0 saturated carbocycles. The topological polar surface area (TPSA) is 85.1 Å². The number of nitrogens with zero attached hydrogens (tertiary/aromatic N) is 3. The summed E-state index contributed by atoms with van der Waals surface area (Å²) in [6, 6.07) is 14.8. The van der Waals surface area contributed by atoms with Crippen LogP contribution in [0.1, 0.15) is 4.88 Å². The van der Waals surface area contributed by atoms with Crippen LogP contribution in [0.25, 0.3) is 32.9 Å². The molecule has 3 aromatic heterocycles. The third kappa shape index (κ3) is 3.02. The van der Waals surface area contributed by atoms with Crippen LogP contribution in [-0.4, -0.2) is 25.6 Å². The Morgan fingerprint density at radius 3 is 2.56 bits per heavy atom. The van der Waals surface area contributed by atoms with Crippen molar-refractivity contribution in [3.63, 3.8) is 0 Å². The molecule has 0 radical (unpaired) electrons. The van der Waals surface area contributed by atoms with E-state index in [2.05, 4.69) is 9.97 Å². The number of carboxylic acid groups (broad SMARTS) is 1. The van der Waals surface area contributed by atoms with Crippen molar-refractivity contribution in [3.05, 3.63) is 70.0 Å².